The molecule has 166 valence electrons. The van der Waals surface area contributed by atoms with E-state index in [4.69, 9.17) is 4.74 Å². The largest absolute Gasteiger partial charge is 0.508 e. The van der Waals surface area contributed by atoms with Crippen LogP contribution in [0, 0.1) is 0 Å². The molecule has 0 spiro atoms. The summed E-state index contributed by atoms with van der Waals surface area (Å²) >= 11 is 0. The van der Waals surface area contributed by atoms with Gasteiger partial charge in [-0.25, -0.2) is 0 Å². The molecular weight excluding hydrogens is 372 g/mol. The van der Waals surface area contributed by atoms with E-state index in [1.165, 1.54) is 77.0 Å². The summed E-state index contributed by atoms with van der Waals surface area (Å²) in [5, 5.41) is 19.3. The molecular formula is C27H40O3. The third kappa shape index (κ3) is 10.0. The van der Waals surface area contributed by atoms with Gasteiger partial charge in [0.25, 0.3) is 0 Å². The number of ether oxygens (including phenoxy) is 1. The maximum Gasteiger partial charge on any atom is 0.130 e. The average molecular weight is 413 g/mol. The summed E-state index contributed by atoms with van der Waals surface area (Å²) in [4.78, 5) is 0. The molecule has 0 aromatic heterocycles. The lowest BCUT2D eigenvalue weighted by Gasteiger charge is -2.12. The summed E-state index contributed by atoms with van der Waals surface area (Å²) in [7, 11) is 0. The number of rotatable bonds is 16. The van der Waals surface area contributed by atoms with Gasteiger partial charge < -0.3 is 14.9 Å². The zero-order valence-electron chi connectivity index (χ0n) is 18.7. The monoisotopic (exact) mass is 412 g/mol. The van der Waals surface area contributed by atoms with E-state index in [-0.39, 0.29) is 11.5 Å². The lowest BCUT2D eigenvalue weighted by molar-refractivity contribution is 0.453. The third-order valence-electron chi connectivity index (χ3n) is 5.66. The molecule has 30 heavy (non-hydrogen) atoms. The Labute approximate surface area is 183 Å². The molecule has 2 aromatic rings. The number of aryl methyl sites for hydroxylation is 1. The summed E-state index contributed by atoms with van der Waals surface area (Å²) < 4.78 is 5.96. The van der Waals surface area contributed by atoms with Crippen LogP contribution in [0.2, 0.25) is 0 Å². The van der Waals surface area contributed by atoms with E-state index in [0.29, 0.717) is 5.75 Å². The van der Waals surface area contributed by atoms with Crippen LogP contribution >= 0.6 is 0 Å². The van der Waals surface area contributed by atoms with Crippen LogP contribution in [0.1, 0.15) is 96.0 Å². The zero-order chi connectivity index (χ0) is 21.4. The molecule has 0 unspecified atom stereocenters. The maximum absolute atomic E-state index is 9.86. The molecule has 0 aliphatic rings. The number of hydrogen-bond acceptors (Lipinski definition) is 3. The van der Waals surface area contributed by atoms with Crippen molar-refractivity contribution in [3.8, 4) is 23.0 Å². The molecule has 0 aliphatic carbocycles. The second-order valence-corrected chi connectivity index (χ2v) is 8.38. The van der Waals surface area contributed by atoms with Gasteiger partial charge in [0.05, 0.1) is 0 Å². The number of phenols is 2. The van der Waals surface area contributed by atoms with Crippen LogP contribution in [0.3, 0.4) is 0 Å². The van der Waals surface area contributed by atoms with Gasteiger partial charge in [0.15, 0.2) is 0 Å². The van der Waals surface area contributed by atoms with E-state index in [0.717, 1.165) is 24.2 Å². The molecule has 0 saturated heterocycles. The highest BCUT2D eigenvalue weighted by atomic mass is 16.5. The summed E-state index contributed by atoms with van der Waals surface area (Å²) in [5.41, 5.74) is 1.03. The SMILES string of the molecule is CCCCCCCCCCCCCCCc1cc(O)ccc1Oc1ccc(O)cc1. The molecule has 2 aromatic carbocycles. The number of phenolic OH excluding ortho intramolecular Hbond substituents is 2. The van der Waals surface area contributed by atoms with E-state index < -0.39 is 0 Å². The van der Waals surface area contributed by atoms with Crippen molar-refractivity contribution in [2.24, 2.45) is 0 Å². The van der Waals surface area contributed by atoms with Crippen molar-refractivity contribution in [1.82, 2.24) is 0 Å². The maximum atomic E-state index is 9.86. The lowest BCUT2D eigenvalue weighted by Crippen LogP contribution is -1.93. The molecule has 0 bridgehead atoms. The third-order valence-corrected chi connectivity index (χ3v) is 5.66. The predicted octanol–water partition coefficient (Wildman–Crippen LogP) is 8.52. The molecule has 0 saturated carbocycles. The van der Waals surface area contributed by atoms with Crippen molar-refractivity contribution in [1.29, 1.82) is 0 Å². The Kier molecular flexibility index (Phi) is 11.9. The minimum atomic E-state index is 0.222. The van der Waals surface area contributed by atoms with Gasteiger partial charge in [-0.1, -0.05) is 84.0 Å². The van der Waals surface area contributed by atoms with Crippen LogP contribution in [-0.4, -0.2) is 10.2 Å². The fourth-order valence-electron chi connectivity index (χ4n) is 3.84. The normalized spacial score (nSPS) is 11.0. The highest BCUT2D eigenvalue weighted by Gasteiger charge is 2.07. The Balaban J connectivity index is 1.59. The lowest BCUT2D eigenvalue weighted by atomic mass is 10.0. The number of hydrogen-bond donors (Lipinski definition) is 2. The Bertz CT molecular complexity index is 694. The second-order valence-electron chi connectivity index (χ2n) is 8.38. The first kappa shape index (κ1) is 24.1. The Hall–Kier alpha value is -2.16. The Morgan fingerprint density at radius 1 is 0.600 bits per heavy atom. The van der Waals surface area contributed by atoms with Gasteiger partial charge >= 0.3 is 0 Å². The van der Waals surface area contributed by atoms with E-state index >= 15 is 0 Å². The van der Waals surface area contributed by atoms with Crippen LogP contribution in [0.15, 0.2) is 42.5 Å². The topological polar surface area (TPSA) is 49.7 Å². The quantitative estimate of drug-likeness (QED) is 0.272. The zero-order valence-corrected chi connectivity index (χ0v) is 18.7. The first-order valence-corrected chi connectivity index (χ1v) is 12.0. The highest BCUT2D eigenvalue weighted by Crippen LogP contribution is 2.30. The fraction of sp³-hybridized carbons (Fsp3) is 0.556. The summed E-state index contributed by atoms with van der Waals surface area (Å²) in [6.45, 7) is 2.27. The number of unbranched alkanes of at least 4 members (excludes halogenated alkanes) is 12. The van der Waals surface area contributed by atoms with Gasteiger partial charge in [-0.3, -0.25) is 0 Å². The summed E-state index contributed by atoms with van der Waals surface area (Å²) in [6.07, 6.45) is 18.3. The van der Waals surface area contributed by atoms with E-state index in [1.54, 1.807) is 36.4 Å². The van der Waals surface area contributed by atoms with Crippen molar-refractivity contribution in [3.63, 3.8) is 0 Å². The van der Waals surface area contributed by atoms with Crippen molar-refractivity contribution in [3.05, 3.63) is 48.0 Å². The van der Waals surface area contributed by atoms with E-state index in [2.05, 4.69) is 6.92 Å². The molecule has 0 fully saturated rings. The minimum Gasteiger partial charge on any atom is -0.508 e. The van der Waals surface area contributed by atoms with Gasteiger partial charge in [-0.2, -0.15) is 0 Å². The summed E-state index contributed by atoms with van der Waals surface area (Å²) in [6, 6.07) is 12.0. The van der Waals surface area contributed by atoms with E-state index in [9.17, 15) is 10.2 Å². The standard InChI is InChI=1S/C27H40O3/c1-2-3-4-5-6-7-8-9-10-11-12-13-14-15-23-22-25(29)18-21-27(23)30-26-19-16-24(28)17-20-26/h16-22,28-29H,2-15H2,1H3. The van der Waals surface area contributed by atoms with Crippen molar-refractivity contribution in [2.45, 2.75) is 96.8 Å². The molecule has 0 amide bonds. The Morgan fingerprint density at radius 3 is 1.67 bits per heavy atom. The van der Waals surface area contributed by atoms with Crippen molar-refractivity contribution in [2.75, 3.05) is 0 Å². The molecule has 0 aliphatic heterocycles. The number of benzene rings is 2. The van der Waals surface area contributed by atoms with Crippen LogP contribution in [0.4, 0.5) is 0 Å². The molecule has 2 N–H and O–H groups in total. The van der Waals surface area contributed by atoms with Gasteiger partial charge in [0.2, 0.25) is 0 Å². The predicted molar refractivity (Wildman–Crippen MR) is 126 cm³/mol. The van der Waals surface area contributed by atoms with Crippen LogP contribution in [0.25, 0.3) is 0 Å². The fourth-order valence-corrected chi connectivity index (χ4v) is 3.84. The first-order chi connectivity index (χ1) is 14.7. The van der Waals surface area contributed by atoms with Gasteiger partial charge in [-0.05, 0) is 60.9 Å². The van der Waals surface area contributed by atoms with Crippen LogP contribution in [-0.2, 0) is 6.42 Å². The first-order valence-electron chi connectivity index (χ1n) is 12.0. The van der Waals surface area contributed by atoms with Crippen LogP contribution < -0.4 is 4.74 Å². The summed E-state index contributed by atoms with van der Waals surface area (Å²) in [5.74, 6) is 1.96. The molecule has 0 atom stereocenters. The van der Waals surface area contributed by atoms with Crippen molar-refractivity contribution < 1.29 is 14.9 Å². The highest BCUT2D eigenvalue weighted by molar-refractivity contribution is 5.43. The molecule has 2 rings (SSSR count). The van der Waals surface area contributed by atoms with E-state index in [1.807, 2.05) is 6.07 Å². The van der Waals surface area contributed by atoms with Gasteiger partial charge in [0.1, 0.15) is 23.0 Å². The average Bonchev–Trinajstić information content (AvgIpc) is 2.74. The minimum absolute atomic E-state index is 0.222. The molecule has 3 nitrogen and oxygen atoms in total. The Morgan fingerprint density at radius 2 is 1.10 bits per heavy atom. The van der Waals surface area contributed by atoms with Crippen molar-refractivity contribution >= 4 is 0 Å². The van der Waals surface area contributed by atoms with Gasteiger partial charge in [-0.15, -0.1) is 0 Å². The smallest absolute Gasteiger partial charge is 0.130 e. The molecule has 0 radical (unpaired) electrons. The van der Waals surface area contributed by atoms with Gasteiger partial charge in [0, 0.05) is 0 Å². The molecule has 3 heteroatoms. The van der Waals surface area contributed by atoms with Crippen LogP contribution in [0.5, 0.6) is 23.0 Å². The molecule has 0 heterocycles. The second kappa shape index (κ2) is 14.8. The number of aromatic hydroxyl groups is 2.